The number of imidazole rings is 1. The number of nitrogens with one attached hydrogen (secondary N) is 1. The predicted molar refractivity (Wildman–Crippen MR) is 86.4 cm³/mol. The van der Waals surface area contributed by atoms with Crippen LogP contribution in [0.15, 0.2) is 29.6 Å². The molecule has 3 rings (SSSR count). The number of halogens is 1. The van der Waals surface area contributed by atoms with Crippen LogP contribution >= 0.6 is 23.6 Å². The third-order valence-corrected chi connectivity index (χ3v) is 4.71. The van der Waals surface area contributed by atoms with Gasteiger partial charge in [-0.05, 0) is 30.6 Å². The zero-order valence-electron chi connectivity index (χ0n) is 11.7. The monoisotopic (exact) mass is 322 g/mol. The van der Waals surface area contributed by atoms with Crippen LogP contribution in [0.3, 0.4) is 0 Å². The Bertz CT molecular complexity index is 820. The summed E-state index contributed by atoms with van der Waals surface area (Å²) in [5, 5.41) is 2.06. The number of thiophene rings is 1. The van der Waals surface area contributed by atoms with Gasteiger partial charge in [-0.15, -0.1) is 11.3 Å². The molecule has 0 fully saturated rings. The number of fused-ring (bicyclic) bond motifs is 1. The fourth-order valence-electron chi connectivity index (χ4n) is 2.53. The summed E-state index contributed by atoms with van der Waals surface area (Å²) in [6, 6.07) is 7.46. The van der Waals surface area contributed by atoms with E-state index in [1.165, 1.54) is 18.1 Å². The van der Waals surface area contributed by atoms with E-state index in [-0.39, 0.29) is 17.6 Å². The maximum Gasteiger partial charge on any atom is 0.178 e. The topological polar surface area (TPSA) is 29.9 Å². The van der Waals surface area contributed by atoms with Gasteiger partial charge in [0, 0.05) is 29.5 Å². The predicted octanol–water partition coefficient (Wildman–Crippen LogP) is 4.71. The SMILES string of the molecule is COc1cc2c(cc1F)[nH]c(=S)n2C(C)Cc1cccs1. The zero-order valence-corrected chi connectivity index (χ0v) is 13.4. The van der Waals surface area contributed by atoms with Crippen LogP contribution < -0.4 is 4.74 Å². The number of aromatic amines is 1. The van der Waals surface area contributed by atoms with Gasteiger partial charge in [0.25, 0.3) is 0 Å². The van der Waals surface area contributed by atoms with Gasteiger partial charge in [0.15, 0.2) is 16.3 Å². The Morgan fingerprint density at radius 1 is 1.48 bits per heavy atom. The summed E-state index contributed by atoms with van der Waals surface area (Å²) in [6.07, 6.45) is 0.888. The van der Waals surface area contributed by atoms with Crippen molar-refractivity contribution in [3.63, 3.8) is 0 Å². The fraction of sp³-hybridized carbons (Fsp3) is 0.267. The van der Waals surface area contributed by atoms with Gasteiger partial charge in [-0.1, -0.05) is 6.07 Å². The lowest BCUT2D eigenvalue weighted by Gasteiger charge is -2.14. The van der Waals surface area contributed by atoms with Crippen molar-refractivity contribution in [3.8, 4) is 5.75 Å². The van der Waals surface area contributed by atoms with Gasteiger partial charge < -0.3 is 14.3 Å². The van der Waals surface area contributed by atoms with E-state index in [2.05, 4.69) is 23.4 Å². The van der Waals surface area contributed by atoms with Crippen molar-refractivity contribution < 1.29 is 9.13 Å². The first-order valence-corrected chi connectivity index (χ1v) is 7.89. The van der Waals surface area contributed by atoms with E-state index in [9.17, 15) is 4.39 Å². The van der Waals surface area contributed by atoms with Crippen molar-refractivity contribution in [1.82, 2.24) is 9.55 Å². The molecule has 0 bridgehead atoms. The molecule has 1 aromatic carbocycles. The molecule has 2 heterocycles. The molecule has 0 aliphatic rings. The summed E-state index contributed by atoms with van der Waals surface area (Å²) in [4.78, 5) is 4.36. The minimum Gasteiger partial charge on any atom is -0.494 e. The molecule has 0 amide bonds. The van der Waals surface area contributed by atoms with Crippen LogP contribution in [0, 0.1) is 10.6 Å². The molecule has 6 heteroatoms. The molecule has 1 unspecified atom stereocenters. The van der Waals surface area contributed by atoms with Crippen LogP contribution in [0.25, 0.3) is 11.0 Å². The number of hydrogen-bond donors (Lipinski definition) is 1. The first-order valence-electron chi connectivity index (χ1n) is 6.60. The second kappa shape index (κ2) is 5.61. The molecule has 3 aromatic rings. The first kappa shape index (κ1) is 14.3. The molecule has 110 valence electrons. The number of benzene rings is 1. The van der Waals surface area contributed by atoms with Gasteiger partial charge in [-0.25, -0.2) is 4.39 Å². The van der Waals surface area contributed by atoms with Gasteiger partial charge >= 0.3 is 0 Å². The molecule has 0 aliphatic heterocycles. The molecule has 1 N–H and O–H groups in total. The van der Waals surface area contributed by atoms with E-state index in [4.69, 9.17) is 17.0 Å². The molecule has 0 saturated heterocycles. The van der Waals surface area contributed by atoms with Gasteiger partial charge in [-0.3, -0.25) is 0 Å². The Morgan fingerprint density at radius 2 is 2.29 bits per heavy atom. The lowest BCUT2D eigenvalue weighted by Crippen LogP contribution is -2.07. The van der Waals surface area contributed by atoms with Crippen LogP contribution in [-0.4, -0.2) is 16.7 Å². The highest BCUT2D eigenvalue weighted by atomic mass is 32.1. The van der Waals surface area contributed by atoms with Gasteiger partial charge in [0.1, 0.15) is 0 Å². The van der Waals surface area contributed by atoms with Crippen LogP contribution in [0.5, 0.6) is 5.75 Å². The van der Waals surface area contributed by atoms with E-state index in [0.717, 1.165) is 11.9 Å². The van der Waals surface area contributed by atoms with Gasteiger partial charge in [0.05, 0.1) is 18.1 Å². The van der Waals surface area contributed by atoms with E-state index in [1.807, 2.05) is 10.6 Å². The van der Waals surface area contributed by atoms with E-state index < -0.39 is 0 Å². The Balaban J connectivity index is 2.08. The number of H-pyrrole nitrogens is 1. The molecular weight excluding hydrogens is 307 g/mol. The molecule has 1 atom stereocenters. The molecule has 0 spiro atoms. The van der Waals surface area contributed by atoms with Crippen molar-refractivity contribution >= 4 is 34.6 Å². The molecule has 0 saturated carbocycles. The maximum absolute atomic E-state index is 13.8. The Kier molecular flexibility index (Phi) is 3.82. The van der Waals surface area contributed by atoms with Gasteiger partial charge in [0.2, 0.25) is 0 Å². The number of aromatic nitrogens is 2. The normalized spacial score (nSPS) is 12.7. The average molecular weight is 322 g/mol. The third kappa shape index (κ3) is 2.61. The van der Waals surface area contributed by atoms with Crippen LogP contribution in [0.2, 0.25) is 0 Å². The fourth-order valence-corrected chi connectivity index (χ4v) is 3.75. The number of hydrogen-bond acceptors (Lipinski definition) is 3. The van der Waals surface area contributed by atoms with Crippen molar-refractivity contribution in [2.45, 2.75) is 19.4 Å². The maximum atomic E-state index is 13.8. The summed E-state index contributed by atoms with van der Waals surface area (Å²) in [5.74, 6) is -0.159. The molecule has 0 aliphatic carbocycles. The average Bonchev–Trinajstić information content (AvgIpc) is 3.04. The molecular formula is C15H15FN2OS2. The Labute approximate surface area is 131 Å². The van der Waals surface area contributed by atoms with E-state index in [1.54, 1.807) is 17.4 Å². The lowest BCUT2D eigenvalue weighted by atomic mass is 10.2. The third-order valence-electron chi connectivity index (χ3n) is 3.51. The summed E-state index contributed by atoms with van der Waals surface area (Å²) in [6.45, 7) is 2.11. The highest BCUT2D eigenvalue weighted by molar-refractivity contribution is 7.71. The first-order chi connectivity index (χ1) is 10.1. The number of nitrogens with zero attached hydrogens (tertiary/aromatic N) is 1. The number of ether oxygens (including phenoxy) is 1. The van der Waals surface area contributed by atoms with Crippen molar-refractivity contribution in [1.29, 1.82) is 0 Å². The minimum atomic E-state index is -0.390. The molecule has 3 nitrogen and oxygen atoms in total. The Morgan fingerprint density at radius 3 is 2.95 bits per heavy atom. The minimum absolute atomic E-state index is 0.181. The largest absolute Gasteiger partial charge is 0.494 e. The van der Waals surface area contributed by atoms with Crippen LogP contribution in [0.1, 0.15) is 17.8 Å². The second-order valence-electron chi connectivity index (χ2n) is 4.94. The highest BCUT2D eigenvalue weighted by Crippen LogP contribution is 2.28. The standard InChI is InChI=1S/C15H15FN2OS2/c1-9(6-10-4-3-5-21-10)18-13-8-14(19-2)11(16)7-12(13)17-15(18)20/h3-5,7-9H,6H2,1-2H3,(H,17,20). The van der Waals surface area contributed by atoms with Crippen LogP contribution in [0.4, 0.5) is 4.39 Å². The van der Waals surface area contributed by atoms with E-state index >= 15 is 0 Å². The van der Waals surface area contributed by atoms with Crippen molar-refractivity contribution in [3.05, 3.63) is 45.1 Å². The van der Waals surface area contributed by atoms with E-state index in [0.29, 0.717) is 10.3 Å². The Hall–Kier alpha value is -1.66. The van der Waals surface area contributed by atoms with Crippen molar-refractivity contribution in [2.24, 2.45) is 0 Å². The summed E-state index contributed by atoms with van der Waals surface area (Å²) < 4.78 is 21.5. The summed E-state index contributed by atoms with van der Waals surface area (Å²) >= 11 is 7.12. The quantitative estimate of drug-likeness (QED) is 0.705. The van der Waals surface area contributed by atoms with Crippen LogP contribution in [-0.2, 0) is 6.42 Å². The number of methoxy groups -OCH3 is 1. The molecule has 21 heavy (non-hydrogen) atoms. The summed E-state index contributed by atoms with van der Waals surface area (Å²) in [7, 11) is 1.46. The summed E-state index contributed by atoms with van der Waals surface area (Å²) in [5.41, 5.74) is 1.55. The second-order valence-corrected chi connectivity index (χ2v) is 6.36. The molecule has 2 aromatic heterocycles. The molecule has 0 radical (unpaired) electrons. The zero-order chi connectivity index (χ0) is 15.0. The van der Waals surface area contributed by atoms with Gasteiger partial charge in [-0.2, -0.15) is 0 Å². The lowest BCUT2D eigenvalue weighted by molar-refractivity contribution is 0.387. The number of rotatable bonds is 4. The smallest absolute Gasteiger partial charge is 0.178 e. The van der Waals surface area contributed by atoms with Crippen molar-refractivity contribution in [2.75, 3.05) is 7.11 Å². The highest BCUT2D eigenvalue weighted by Gasteiger charge is 2.15.